The molecule has 1 atom stereocenters. The van der Waals surface area contributed by atoms with Crippen molar-refractivity contribution in [3.63, 3.8) is 0 Å². The van der Waals surface area contributed by atoms with Crippen molar-refractivity contribution < 1.29 is 8.42 Å². The molecule has 0 aliphatic carbocycles. The van der Waals surface area contributed by atoms with E-state index >= 15 is 0 Å². The first-order valence-corrected chi connectivity index (χ1v) is 9.22. The minimum absolute atomic E-state index is 0.0586. The van der Waals surface area contributed by atoms with Crippen molar-refractivity contribution in [3.8, 4) is 0 Å². The van der Waals surface area contributed by atoms with Crippen molar-refractivity contribution in [2.45, 2.75) is 45.3 Å². The van der Waals surface area contributed by atoms with Gasteiger partial charge in [-0.2, -0.15) is 0 Å². The van der Waals surface area contributed by atoms with Crippen molar-refractivity contribution in [3.05, 3.63) is 34.9 Å². The van der Waals surface area contributed by atoms with Gasteiger partial charge in [0.25, 0.3) is 0 Å². The number of sulfonamides is 1. The molecule has 0 amide bonds. The van der Waals surface area contributed by atoms with Gasteiger partial charge in [0.1, 0.15) is 0 Å². The van der Waals surface area contributed by atoms with Crippen LogP contribution in [0.25, 0.3) is 0 Å². The van der Waals surface area contributed by atoms with Crippen LogP contribution in [0.3, 0.4) is 0 Å². The molecule has 1 aromatic rings. The third-order valence-corrected chi connectivity index (χ3v) is 5.10. The maximum atomic E-state index is 12.1. The second kappa shape index (κ2) is 8.65. The molecule has 1 aromatic carbocycles. The van der Waals surface area contributed by atoms with Crippen molar-refractivity contribution in [2.75, 3.05) is 6.54 Å². The average Bonchev–Trinajstić information content (AvgIpc) is 2.41. The van der Waals surface area contributed by atoms with E-state index in [-0.39, 0.29) is 5.75 Å². The van der Waals surface area contributed by atoms with Gasteiger partial charge >= 0.3 is 0 Å². The van der Waals surface area contributed by atoms with E-state index in [0.717, 1.165) is 25.7 Å². The Morgan fingerprint density at radius 3 is 2.55 bits per heavy atom. The maximum absolute atomic E-state index is 12.1. The lowest BCUT2D eigenvalue weighted by Crippen LogP contribution is -2.30. The smallest absolute Gasteiger partial charge is 0.215 e. The Hall–Kier alpha value is -0.580. The number of nitrogens with one attached hydrogen (secondary N) is 1. The molecule has 0 spiro atoms. The van der Waals surface area contributed by atoms with Crippen LogP contribution in [0.2, 0.25) is 5.02 Å². The predicted molar refractivity (Wildman–Crippen MR) is 85.4 cm³/mol. The van der Waals surface area contributed by atoms with E-state index in [4.69, 9.17) is 11.6 Å². The molecule has 1 rings (SSSR count). The molecule has 0 fully saturated rings. The van der Waals surface area contributed by atoms with Crippen molar-refractivity contribution >= 4 is 21.6 Å². The van der Waals surface area contributed by atoms with Gasteiger partial charge in [-0.1, -0.05) is 62.9 Å². The molecule has 0 aliphatic rings. The van der Waals surface area contributed by atoms with Crippen LogP contribution in [-0.2, 0) is 15.8 Å². The van der Waals surface area contributed by atoms with Gasteiger partial charge in [-0.3, -0.25) is 0 Å². The summed E-state index contributed by atoms with van der Waals surface area (Å²) >= 11 is 6.00. The van der Waals surface area contributed by atoms with E-state index in [1.54, 1.807) is 24.3 Å². The molecular weight excluding hydrogens is 294 g/mol. The quantitative estimate of drug-likeness (QED) is 0.749. The van der Waals surface area contributed by atoms with E-state index in [2.05, 4.69) is 18.6 Å². The van der Waals surface area contributed by atoms with Gasteiger partial charge in [-0.15, -0.1) is 0 Å². The van der Waals surface area contributed by atoms with E-state index < -0.39 is 10.0 Å². The van der Waals surface area contributed by atoms with Crippen LogP contribution in [0, 0.1) is 5.92 Å². The van der Waals surface area contributed by atoms with Gasteiger partial charge in [-0.25, -0.2) is 13.1 Å². The van der Waals surface area contributed by atoms with E-state index in [0.29, 0.717) is 23.0 Å². The molecule has 0 unspecified atom stereocenters. The fourth-order valence-electron chi connectivity index (χ4n) is 2.06. The third kappa shape index (κ3) is 6.25. The standard InChI is InChI=1S/C15H24ClNO2S/c1-3-5-8-13(4-2)11-17-20(18,19)12-14-9-6-7-10-15(14)16/h6-7,9-10,13,17H,3-5,8,11-12H2,1-2H3/t13-/m0/s1. The van der Waals surface area contributed by atoms with Crippen molar-refractivity contribution in [2.24, 2.45) is 5.92 Å². The molecule has 0 saturated carbocycles. The molecule has 0 saturated heterocycles. The highest BCUT2D eigenvalue weighted by Gasteiger charge is 2.15. The van der Waals surface area contributed by atoms with Crippen LogP contribution < -0.4 is 4.72 Å². The minimum atomic E-state index is -3.32. The topological polar surface area (TPSA) is 46.2 Å². The van der Waals surface area contributed by atoms with E-state index in [9.17, 15) is 8.42 Å². The monoisotopic (exact) mass is 317 g/mol. The normalized spacial score (nSPS) is 13.3. The van der Waals surface area contributed by atoms with E-state index in [1.807, 2.05) is 0 Å². The summed E-state index contributed by atoms with van der Waals surface area (Å²) in [5.41, 5.74) is 0.642. The number of unbranched alkanes of at least 4 members (excludes halogenated alkanes) is 1. The Balaban J connectivity index is 2.55. The highest BCUT2D eigenvalue weighted by molar-refractivity contribution is 7.88. The summed E-state index contributed by atoms with van der Waals surface area (Å²) in [6.07, 6.45) is 4.35. The summed E-state index contributed by atoms with van der Waals surface area (Å²) in [5, 5.41) is 0.496. The van der Waals surface area contributed by atoms with Gasteiger partial charge in [-0.05, 0) is 24.0 Å². The van der Waals surface area contributed by atoms with Crippen molar-refractivity contribution in [1.29, 1.82) is 0 Å². The Labute approximate surface area is 127 Å². The number of rotatable bonds is 9. The van der Waals surface area contributed by atoms with Crippen LogP contribution in [0.1, 0.15) is 45.1 Å². The van der Waals surface area contributed by atoms with Gasteiger partial charge < -0.3 is 0 Å². The Morgan fingerprint density at radius 2 is 1.95 bits per heavy atom. The van der Waals surface area contributed by atoms with Crippen LogP contribution in [0.5, 0.6) is 0 Å². The van der Waals surface area contributed by atoms with Crippen LogP contribution >= 0.6 is 11.6 Å². The summed E-state index contributed by atoms with van der Waals surface area (Å²) in [6, 6.07) is 7.05. The maximum Gasteiger partial charge on any atom is 0.215 e. The largest absolute Gasteiger partial charge is 0.215 e. The van der Waals surface area contributed by atoms with Crippen LogP contribution in [0.4, 0.5) is 0 Å². The molecule has 114 valence electrons. The Bertz CT molecular complexity index is 502. The summed E-state index contributed by atoms with van der Waals surface area (Å²) in [4.78, 5) is 0. The molecule has 0 bridgehead atoms. The lowest BCUT2D eigenvalue weighted by molar-refractivity contribution is 0.443. The zero-order chi connectivity index (χ0) is 15.0. The Morgan fingerprint density at radius 1 is 1.25 bits per heavy atom. The first-order chi connectivity index (χ1) is 9.48. The lowest BCUT2D eigenvalue weighted by Gasteiger charge is -2.15. The van der Waals surface area contributed by atoms with E-state index in [1.165, 1.54) is 0 Å². The molecule has 3 nitrogen and oxygen atoms in total. The number of hydrogen-bond acceptors (Lipinski definition) is 2. The molecule has 0 aliphatic heterocycles. The predicted octanol–water partition coefficient (Wildman–Crippen LogP) is 3.98. The summed E-state index contributed by atoms with van der Waals surface area (Å²) < 4.78 is 26.9. The molecule has 0 radical (unpaired) electrons. The molecular formula is C15H24ClNO2S. The number of halogens is 1. The highest BCUT2D eigenvalue weighted by atomic mass is 35.5. The molecule has 1 N–H and O–H groups in total. The summed E-state index contributed by atoms with van der Waals surface area (Å²) in [6.45, 7) is 4.76. The zero-order valence-corrected chi connectivity index (χ0v) is 13.8. The average molecular weight is 318 g/mol. The van der Waals surface area contributed by atoms with Gasteiger partial charge in [0.15, 0.2) is 0 Å². The van der Waals surface area contributed by atoms with Gasteiger partial charge in [0.2, 0.25) is 10.0 Å². The van der Waals surface area contributed by atoms with Crippen molar-refractivity contribution in [1.82, 2.24) is 4.72 Å². The second-order valence-corrected chi connectivity index (χ2v) is 7.33. The molecule has 0 heterocycles. The Kier molecular flexibility index (Phi) is 7.56. The van der Waals surface area contributed by atoms with Gasteiger partial charge in [0.05, 0.1) is 5.75 Å². The SMILES string of the molecule is CCCC[C@H](CC)CNS(=O)(=O)Cc1ccccc1Cl. The van der Waals surface area contributed by atoms with Crippen LogP contribution in [-0.4, -0.2) is 15.0 Å². The minimum Gasteiger partial charge on any atom is -0.215 e. The first kappa shape index (κ1) is 17.5. The number of hydrogen-bond donors (Lipinski definition) is 1. The molecule has 20 heavy (non-hydrogen) atoms. The molecule has 0 aromatic heterocycles. The third-order valence-electron chi connectivity index (χ3n) is 3.44. The second-order valence-electron chi connectivity index (χ2n) is 5.12. The van der Waals surface area contributed by atoms with Gasteiger partial charge in [0, 0.05) is 11.6 Å². The summed E-state index contributed by atoms with van der Waals surface area (Å²) in [7, 11) is -3.32. The fourth-order valence-corrected chi connectivity index (χ4v) is 3.59. The van der Waals surface area contributed by atoms with Crippen LogP contribution in [0.15, 0.2) is 24.3 Å². The summed E-state index contributed by atoms with van der Waals surface area (Å²) in [5.74, 6) is 0.354. The lowest BCUT2D eigenvalue weighted by atomic mass is 10.00. The molecule has 5 heteroatoms. The highest BCUT2D eigenvalue weighted by Crippen LogP contribution is 2.18. The fraction of sp³-hybridized carbons (Fsp3) is 0.600. The number of benzene rings is 1. The zero-order valence-electron chi connectivity index (χ0n) is 12.2. The first-order valence-electron chi connectivity index (χ1n) is 7.19.